The minimum absolute atomic E-state index is 0.485. The van der Waals surface area contributed by atoms with Gasteiger partial charge in [-0.05, 0) is 44.5 Å². The van der Waals surface area contributed by atoms with Gasteiger partial charge >= 0.3 is 0 Å². The van der Waals surface area contributed by atoms with Crippen molar-refractivity contribution < 1.29 is 14.6 Å². The Kier molecular flexibility index (Phi) is 5.05. The van der Waals surface area contributed by atoms with Gasteiger partial charge in [-0.1, -0.05) is 0 Å². The molecule has 0 amide bonds. The van der Waals surface area contributed by atoms with Crippen LogP contribution in [0.5, 0.6) is 11.5 Å². The molecule has 1 aliphatic heterocycles. The number of hydrogen-bond donors (Lipinski definition) is 1. The van der Waals surface area contributed by atoms with E-state index in [9.17, 15) is 5.11 Å². The van der Waals surface area contributed by atoms with Crippen molar-refractivity contribution in [3.05, 3.63) is 23.8 Å². The topological polar surface area (TPSA) is 41.9 Å². The Morgan fingerprint density at radius 1 is 1.21 bits per heavy atom. The third-order valence-corrected chi connectivity index (χ3v) is 3.72. The van der Waals surface area contributed by atoms with E-state index in [1.807, 2.05) is 18.2 Å². The smallest absolute Gasteiger partial charge is 0.128 e. The number of aliphatic hydroxyl groups is 1. The lowest BCUT2D eigenvalue weighted by molar-refractivity contribution is 0.145. The van der Waals surface area contributed by atoms with Crippen molar-refractivity contribution in [2.75, 3.05) is 33.9 Å². The lowest BCUT2D eigenvalue weighted by Crippen LogP contribution is -2.22. The zero-order valence-corrected chi connectivity index (χ0v) is 11.8. The Balaban J connectivity index is 1.98. The molecule has 0 aliphatic carbocycles. The summed E-state index contributed by atoms with van der Waals surface area (Å²) in [5.74, 6) is 1.43. The second-order valence-electron chi connectivity index (χ2n) is 4.96. The molecule has 1 aromatic rings. The standard InChI is InChI=1S/C15H23NO3/c1-18-12-5-6-13(15(11-12)19-2)14(17)7-10-16-8-3-4-9-16/h5-6,11,14,17H,3-4,7-10H2,1-2H3. The molecule has 106 valence electrons. The molecule has 1 heterocycles. The van der Waals surface area contributed by atoms with E-state index < -0.39 is 6.10 Å². The summed E-state index contributed by atoms with van der Waals surface area (Å²) in [6.07, 6.45) is 2.81. The minimum atomic E-state index is -0.485. The summed E-state index contributed by atoms with van der Waals surface area (Å²) < 4.78 is 10.5. The molecule has 19 heavy (non-hydrogen) atoms. The van der Waals surface area contributed by atoms with Gasteiger partial charge in [-0.2, -0.15) is 0 Å². The molecule has 0 radical (unpaired) electrons. The van der Waals surface area contributed by atoms with E-state index in [4.69, 9.17) is 9.47 Å². The number of ether oxygens (including phenoxy) is 2. The Bertz CT molecular complexity index is 402. The Labute approximate surface area is 114 Å². The van der Waals surface area contributed by atoms with Gasteiger partial charge in [-0.3, -0.25) is 0 Å². The summed E-state index contributed by atoms with van der Waals surface area (Å²) in [7, 11) is 3.24. The van der Waals surface area contributed by atoms with Crippen molar-refractivity contribution in [1.29, 1.82) is 0 Å². The predicted molar refractivity (Wildman–Crippen MR) is 74.8 cm³/mol. The maximum atomic E-state index is 10.3. The summed E-state index contributed by atoms with van der Waals surface area (Å²) in [5, 5.41) is 10.3. The van der Waals surface area contributed by atoms with Gasteiger partial charge in [0.25, 0.3) is 0 Å². The third kappa shape index (κ3) is 3.61. The zero-order chi connectivity index (χ0) is 13.7. The average molecular weight is 265 g/mol. The summed E-state index contributed by atoms with van der Waals surface area (Å²) in [6, 6.07) is 5.55. The molecule has 4 heteroatoms. The second-order valence-corrected chi connectivity index (χ2v) is 4.96. The quantitative estimate of drug-likeness (QED) is 0.856. The van der Waals surface area contributed by atoms with Crippen LogP contribution >= 0.6 is 0 Å². The Morgan fingerprint density at radius 2 is 1.95 bits per heavy atom. The molecule has 0 spiro atoms. The number of methoxy groups -OCH3 is 2. The molecule has 1 aliphatic rings. The monoisotopic (exact) mass is 265 g/mol. The molecule has 1 aromatic carbocycles. The summed E-state index contributed by atoms with van der Waals surface area (Å²) in [4.78, 5) is 2.40. The van der Waals surface area contributed by atoms with E-state index in [-0.39, 0.29) is 0 Å². The normalized spacial score (nSPS) is 17.4. The van der Waals surface area contributed by atoms with Crippen LogP contribution < -0.4 is 9.47 Å². The number of rotatable bonds is 6. The molecule has 2 rings (SSSR count). The molecular weight excluding hydrogens is 242 g/mol. The second kappa shape index (κ2) is 6.78. The van der Waals surface area contributed by atoms with Gasteiger partial charge in [0.1, 0.15) is 11.5 Å². The number of aliphatic hydroxyl groups excluding tert-OH is 1. The highest BCUT2D eigenvalue weighted by molar-refractivity contribution is 5.41. The Hall–Kier alpha value is -1.26. The van der Waals surface area contributed by atoms with Crippen molar-refractivity contribution >= 4 is 0 Å². The fourth-order valence-electron chi connectivity index (χ4n) is 2.56. The lowest BCUT2D eigenvalue weighted by atomic mass is 10.0. The highest BCUT2D eigenvalue weighted by atomic mass is 16.5. The molecule has 1 unspecified atom stereocenters. The van der Waals surface area contributed by atoms with Gasteiger partial charge in [0.2, 0.25) is 0 Å². The van der Waals surface area contributed by atoms with Crippen LogP contribution in [0.15, 0.2) is 18.2 Å². The van der Waals surface area contributed by atoms with Crippen molar-refractivity contribution in [3.63, 3.8) is 0 Å². The van der Waals surface area contributed by atoms with Crippen LogP contribution in [0.25, 0.3) is 0 Å². The van der Waals surface area contributed by atoms with E-state index in [2.05, 4.69) is 4.90 Å². The first-order chi connectivity index (χ1) is 9.24. The van der Waals surface area contributed by atoms with Gasteiger partial charge in [0.15, 0.2) is 0 Å². The largest absolute Gasteiger partial charge is 0.497 e. The summed E-state index contributed by atoms with van der Waals surface area (Å²) in [6.45, 7) is 3.26. The van der Waals surface area contributed by atoms with Crippen LogP contribution in [0.1, 0.15) is 30.9 Å². The van der Waals surface area contributed by atoms with Gasteiger partial charge in [0.05, 0.1) is 20.3 Å². The third-order valence-electron chi connectivity index (χ3n) is 3.72. The molecule has 0 aromatic heterocycles. The van der Waals surface area contributed by atoms with E-state index in [1.54, 1.807) is 14.2 Å². The van der Waals surface area contributed by atoms with E-state index in [0.717, 1.165) is 37.4 Å². The SMILES string of the molecule is COc1ccc(C(O)CCN2CCCC2)c(OC)c1. The number of nitrogens with zero attached hydrogens (tertiary/aromatic N) is 1. The molecule has 1 N–H and O–H groups in total. The fourth-order valence-corrected chi connectivity index (χ4v) is 2.56. The molecule has 0 bridgehead atoms. The minimum Gasteiger partial charge on any atom is -0.497 e. The maximum Gasteiger partial charge on any atom is 0.128 e. The first-order valence-electron chi connectivity index (χ1n) is 6.87. The van der Waals surface area contributed by atoms with Crippen LogP contribution in [0.2, 0.25) is 0 Å². The summed E-state index contributed by atoms with van der Waals surface area (Å²) >= 11 is 0. The van der Waals surface area contributed by atoms with Crippen LogP contribution in [0.3, 0.4) is 0 Å². The first kappa shape index (κ1) is 14.2. The van der Waals surface area contributed by atoms with Crippen molar-refractivity contribution in [1.82, 2.24) is 4.90 Å². The highest BCUT2D eigenvalue weighted by Crippen LogP contribution is 2.31. The van der Waals surface area contributed by atoms with Crippen molar-refractivity contribution in [2.45, 2.75) is 25.4 Å². The highest BCUT2D eigenvalue weighted by Gasteiger charge is 2.17. The van der Waals surface area contributed by atoms with Crippen LogP contribution in [0.4, 0.5) is 0 Å². The molecule has 1 fully saturated rings. The molecular formula is C15H23NO3. The van der Waals surface area contributed by atoms with E-state index in [0.29, 0.717) is 5.75 Å². The number of hydrogen-bond acceptors (Lipinski definition) is 4. The molecule has 1 saturated heterocycles. The first-order valence-corrected chi connectivity index (χ1v) is 6.87. The molecule has 1 atom stereocenters. The van der Waals surface area contributed by atoms with Gasteiger partial charge in [-0.25, -0.2) is 0 Å². The Morgan fingerprint density at radius 3 is 2.58 bits per heavy atom. The zero-order valence-electron chi connectivity index (χ0n) is 11.8. The van der Waals surface area contributed by atoms with Crippen LogP contribution in [-0.2, 0) is 0 Å². The van der Waals surface area contributed by atoms with E-state index >= 15 is 0 Å². The van der Waals surface area contributed by atoms with Gasteiger partial charge < -0.3 is 19.5 Å². The number of likely N-dealkylation sites (tertiary alicyclic amines) is 1. The lowest BCUT2D eigenvalue weighted by Gasteiger charge is -2.19. The summed E-state index contributed by atoms with van der Waals surface area (Å²) in [5.41, 5.74) is 0.836. The number of benzene rings is 1. The van der Waals surface area contributed by atoms with E-state index in [1.165, 1.54) is 12.8 Å². The fraction of sp³-hybridized carbons (Fsp3) is 0.600. The van der Waals surface area contributed by atoms with Gasteiger partial charge in [-0.15, -0.1) is 0 Å². The van der Waals surface area contributed by atoms with Crippen LogP contribution in [0, 0.1) is 0 Å². The predicted octanol–water partition coefficient (Wildman–Crippen LogP) is 2.22. The van der Waals surface area contributed by atoms with Gasteiger partial charge in [0, 0.05) is 18.2 Å². The van der Waals surface area contributed by atoms with Crippen LogP contribution in [-0.4, -0.2) is 43.9 Å². The molecule has 0 saturated carbocycles. The maximum absolute atomic E-state index is 10.3. The average Bonchev–Trinajstić information content (AvgIpc) is 2.97. The van der Waals surface area contributed by atoms with Crippen molar-refractivity contribution in [3.8, 4) is 11.5 Å². The van der Waals surface area contributed by atoms with Crippen molar-refractivity contribution in [2.24, 2.45) is 0 Å². The molecule has 4 nitrogen and oxygen atoms in total.